The second-order valence-corrected chi connectivity index (χ2v) is 11.0. The summed E-state index contributed by atoms with van der Waals surface area (Å²) in [5.41, 5.74) is 7.96. The third-order valence-electron chi connectivity index (χ3n) is 6.09. The Kier molecular flexibility index (Phi) is 9.68. The van der Waals surface area contributed by atoms with Crippen molar-refractivity contribution < 1.29 is 14.3 Å². The quantitative estimate of drug-likeness (QED) is 0.107. The zero-order valence-corrected chi connectivity index (χ0v) is 25.1. The third kappa shape index (κ3) is 8.20. The van der Waals surface area contributed by atoms with Gasteiger partial charge in [-0.3, -0.25) is 9.59 Å². The van der Waals surface area contributed by atoms with Crippen LogP contribution < -0.4 is 20.8 Å². The first-order chi connectivity index (χ1) is 20.8. The van der Waals surface area contributed by atoms with Crippen molar-refractivity contribution in [3.63, 3.8) is 0 Å². The molecule has 0 spiro atoms. The molecule has 5 aromatic rings. The number of hydrogen-bond acceptors (Lipinski definition) is 7. The zero-order chi connectivity index (χ0) is 30.2. The van der Waals surface area contributed by atoms with Gasteiger partial charge in [-0.15, -0.1) is 11.3 Å². The first kappa shape index (κ1) is 29.8. The Balaban J connectivity index is 1.11. The average molecular weight is 631 g/mol. The van der Waals surface area contributed by atoms with E-state index in [1.54, 1.807) is 54.6 Å². The lowest BCUT2D eigenvalue weighted by molar-refractivity contribution is -0.118. The summed E-state index contributed by atoms with van der Waals surface area (Å²) in [5.74, 6) is -0.411. The molecule has 216 valence electrons. The maximum Gasteiger partial charge on any atom is 0.271 e. The normalized spacial score (nSPS) is 10.9. The molecule has 0 aliphatic heterocycles. The van der Waals surface area contributed by atoms with Crippen molar-refractivity contribution in [1.82, 2.24) is 10.4 Å². The standard InChI is InChI=1S/C32H25Cl2N5O3S/c1-20-6-13-24(14-7-20)36-32-38-28(19-43-32)22-9-11-23(12-10-22)31(41)39-35-17-21-8-15-29(26(34)16-21)42-18-30(40)37-27-5-3-2-4-25(27)33/h2-17,19H,18H2,1H3,(H,36,38)(H,37,40)(H,39,41)/b35-17+. The van der Waals surface area contributed by atoms with Crippen molar-refractivity contribution >= 4 is 69.1 Å². The summed E-state index contributed by atoms with van der Waals surface area (Å²) >= 11 is 13.9. The molecule has 0 bridgehead atoms. The summed E-state index contributed by atoms with van der Waals surface area (Å²) in [4.78, 5) is 29.4. The second kappa shape index (κ2) is 14.0. The molecule has 4 aromatic carbocycles. The molecule has 0 fully saturated rings. The van der Waals surface area contributed by atoms with Crippen LogP contribution >= 0.6 is 34.5 Å². The van der Waals surface area contributed by atoms with Crippen LogP contribution in [0.15, 0.2) is 101 Å². The highest BCUT2D eigenvalue weighted by atomic mass is 35.5. The van der Waals surface area contributed by atoms with E-state index >= 15 is 0 Å². The Hall–Kier alpha value is -4.70. The number of benzene rings is 4. The number of para-hydroxylation sites is 1. The fourth-order valence-electron chi connectivity index (χ4n) is 3.85. The van der Waals surface area contributed by atoms with Crippen molar-refractivity contribution in [3.05, 3.63) is 123 Å². The smallest absolute Gasteiger partial charge is 0.271 e. The van der Waals surface area contributed by atoms with Crippen molar-refractivity contribution in [2.24, 2.45) is 5.10 Å². The van der Waals surface area contributed by atoms with E-state index < -0.39 is 0 Å². The van der Waals surface area contributed by atoms with E-state index in [9.17, 15) is 9.59 Å². The van der Waals surface area contributed by atoms with Gasteiger partial charge in [0.25, 0.3) is 11.8 Å². The molecule has 1 aromatic heterocycles. The zero-order valence-electron chi connectivity index (χ0n) is 22.8. The first-order valence-electron chi connectivity index (χ1n) is 13.0. The van der Waals surface area contributed by atoms with Crippen LogP contribution in [-0.2, 0) is 4.79 Å². The molecule has 0 unspecified atom stereocenters. The second-order valence-electron chi connectivity index (χ2n) is 9.31. The largest absolute Gasteiger partial charge is 0.482 e. The van der Waals surface area contributed by atoms with Gasteiger partial charge >= 0.3 is 0 Å². The van der Waals surface area contributed by atoms with E-state index in [1.165, 1.54) is 23.1 Å². The number of nitrogens with one attached hydrogen (secondary N) is 3. The van der Waals surface area contributed by atoms with Crippen LogP contribution in [-0.4, -0.2) is 29.6 Å². The molecule has 2 amide bonds. The lowest BCUT2D eigenvalue weighted by Crippen LogP contribution is -2.20. The highest BCUT2D eigenvalue weighted by Gasteiger charge is 2.10. The van der Waals surface area contributed by atoms with Crippen LogP contribution in [0.1, 0.15) is 21.5 Å². The van der Waals surface area contributed by atoms with E-state index in [0.717, 1.165) is 22.1 Å². The first-order valence-corrected chi connectivity index (χ1v) is 14.7. The van der Waals surface area contributed by atoms with E-state index in [2.05, 4.69) is 26.1 Å². The molecule has 0 saturated heterocycles. The van der Waals surface area contributed by atoms with E-state index in [0.29, 0.717) is 27.6 Å². The molecule has 3 N–H and O–H groups in total. The topological polar surface area (TPSA) is 105 Å². The Labute approximate surface area is 262 Å². The van der Waals surface area contributed by atoms with Gasteiger partial charge in [-0.25, -0.2) is 10.4 Å². The highest BCUT2D eigenvalue weighted by Crippen LogP contribution is 2.28. The van der Waals surface area contributed by atoms with Crippen LogP contribution in [0.4, 0.5) is 16.5 Å². The fourth-order valence-corrected chi connectivity index (χ4v) is 5.02. The average Bonchev–Trinajstić information content (AvgIpc) is 3.47. The Morgan fingerprint density at radius 3 is 2.47 bits per heavy atom. The molecule has 8 nitrogen and oxygen atoms in total. The van der Waals surface area contributed by atoms with Gasteiger partial charge in [0.15, 0.2) is 11.7 Å². The number of ether oxygens (including phenoxy) is 1. The molecule has 5 rings (SSSR count). The molecule has 0 aliphatic carbocycles. The number of hydrazone groups is 1. The predicted molar refractivity (Wildman–Crippen MR) is 174 cm³/mol. The number of rotatable bonds is 10. The minimum absolute atomic E-state index is 0.249. The molecule has 11 heteroatoms. The van der Waals surface area contributed by atoms with Crippen molar-refractivity contribution in [2.75, 3.05) is 17.2 Å². The molecule has 0 atom stereocenters. The maximum atomic E-state index is 12.6. The summed E-state index contributed by atoms with van der Waals surface area (Å²) in [5, 5.41) is 13.5. The Bertz CT molecular complexity index is 1770. The van der Waals surface area contributed by atoms with Gasteiger partial charge in [-0.2, -0.15) is 5.10 Å². The lowest BCUT2D eigenvalue weighted by atomic mass is 10.1. The molecular weight excluding hydrogens is 605 g/mol. The molecule has 0 radical (unpaired) electrons. The van der Waals surface area contributed by atoms with Crippen LogP contribution in [0.5, 0.6) is 5.75 Å². The monoisotopic (exact) mass is 629 g/mol. The Morgan fingerprint density at radius 2 is 1.72 bits per heavy atom. The number of amides is 2. The molecule has 0 saturated carbocycles. The summed E-state index contributed by atoms with van der Waals surface area (Å²) in [6.45, 7) is 1.80. The minimum Gasteiger partial charge on any atom is -0.482 e. The van der Waals surface area contributed by atoms with Gasteiger partial charge < -0.3 is 15.4 Å². The molecule has 0 aliphatic rings. The van der Waals surface area contributed by atoms with Gasteiger partial charge in [-0.05, 0) is 67.1 Å². The van der Waals surface area contributed by atoms with Gasteiger partial charge in [0.1, 0.15) is 5.75 Å². The van der Waals surface area contributed by atoms with E-state index in [4.69, 9.17) is 27.9 Å². The van der Waals surface area contributed by atoms with Crippen molar-refractivity contribution in [1.29, 1.82) is 0 Å². The van der Waals surface area contributed by atoms with E-state index in [1.807, 2.05) is 48.7 Å². The maximum absolute atomic E-state index is 12.6. The number of anilines is 3. The SMILES string of the molecule is Cc1ccc(Nc2nc(-c3ccc(C(=O)N/N=C/c4ccc(OCC(=O)Nc5ccccc5Cl)c(Cl)c4)cc3)cs2)cc1. The van der Waals surface area contributed by atoms with Crippen LogP contribution in [0.25, 0.3) is 11.3 Å². The van der Waals surface area contributed by atoms with Crippen LogP contribution in [0.3, 0.4) is 0 Å². The number of aryl methyl sites for hydroxylation is 1. The molecular formula is C32H25Cl2N5O3S. The number of aromatic nitrogens is 1. The predicted octanol–water partition coefficient (Wildman–Crippen LogP) is 7.95. The minimum atomic E-state index is -0.378. The lowest BCUT2D eigenvalue weighted by Gasteiger charge is -2.10. The molecule has 43 heavy (non-hydrogen) atoms. The highest BCUT2D eigenvalue weighted by molar-refractivity contribution is 7.14. The van der Waals surface area contributed by atoms with Gasteiger partial charge in [0.05, 0.1) is 27.6 Å². The van der Waals surface area contributed by atoms with Crippen LogP contribution in [0, 0.1) is 6.92 Å². The van der Waals surface area contributed by atoms with Gasteiger partial charge in [-0.1, -0.05) is 65.2 Å². The summed E-state index contributed by atoms with van der Waals surface area (Å²) in [7, 11) is 0. The summed E-state index contributed by atoms with van der Waals surface area (Å²) < 4.78 is 5.53. The van der Waals surface area contributed by atoms with Crippen LogP contribution in [0.2, 0.25) is 10.0 Å². The molecule has 1 heterocycles. The van der Waals surface area contributed by atoms with Crippen molar-refractivity contribution in [2.45, 2.75) is 6.92 Å². The number of thiazole rings is 1. The summed E-state index contributed by atoms with van der Waals surface area (Å²) in [6.07, 6.45) is 1.46. The number of hydrogen-bond donors (Lipinski definition) is 3. The fraction of sp³-hybridized carbons (Fsp3) is 0.0625. The van der Waals surface area contributed by atoms with Crippen molar-refractivity contribution in [3.8, 4) is 17.0 Å². The van der Waals surface area contributed by atoms with Gasteiger partial charge in [0.2, 0.25) is 0 Å². The Morgan fingerprint density at radius 1 is 0.953 bits per heavy atom. The number of halogens is 2. The summed E-state index contributed by atoms with van der Waals surface area (Å²) in [6, 6.07) is 27.1. The number of carbonyl (C=O) groups excluding carboxylic acids is 2. The number of nitrogens with zero attached hydrogens (tertiary/aromatic N) is 2. The van der Waals surface area contributed by atoms with Gasteiger partial charge in [0, 0.05) is 22.2 Å². The van der Waals surface area contributed by atoms with E-state index in [-0.39, 0.29) is 23.4 Å². The number of carbonyl (C=O) groups is 2. The third-order valence-corrected chi connectivity index (χ3v) is 7.47.